The zero-order chi connectivity index (χ0) is 6.24. The average molecular weight is 148 g/mol. The summed E-state index contributed by atoms with van der Waals surface area (Å²) in [6.45, 7) is 2.00. The van der Waals surface area contributed by atoms with Gasteiger partial charge in [0.05, 0.1) is 0 Å². The summed E-state index contributed by atoms with van der Waals surface area (Å²) in [5.41, 5.74) is 0. The predicted molar refractivity (Wildman–Crippen MR) is 44.9 cm³/mol. The van der Waals surface area contributed by atoms with Crippen LogP contribution in [0.5, 0.6) is 0 Å². The molecule has 0 aromatic carbocycles. The van der Waals surface area contributed by atoms with Crippen LogP contribution in [-0.4, -0.2) is 6.79 Å². The van der Waals surface area contributed by atoms with E-state index in [0.29, 0.717) is 0 Å². The molecule has 10 heavy (non-hydrogen) atoms. The van der Waals surface area contributed by atoms with Gasteiger partial charge >= 0.3 is 0 Å². The molecule has 0 aromatic rings. The molecule has 0 spiro atoms. The molecule has 0 heterocycles. The van der Waals surface area contributed by atoms with Crippen LogP contribution in [0.25, 0.3) is 0 Å². The van der Waals surface area contributed by atoms with Gasteiger partial charge in [-0.3, -0.25) is 0 Å². The normalized spacial score (nSPS) is 14.8. The lowest BCUT2D eigenvalue weighted by Gasteiger charge is -2.05. The molecule has 0 aliphatic heterocycles. The third-order valence-electron chi connectivity index (χ3n) is 1.50. The summed E-state index contributed by atoms with van der Waals surface area (Å²) in [5, 5.41) is 0. The summed E-state index contributed by atoms with van der Waals surface area (Å²) in [6, 6.07) is 0. The fourth-order valence-electron chi connectivity index (χ4n) is 1.06. The summed E-state index contributed by atoms with van der Waals surface area (Å²) < 4.78 is 0. The van der Waals surface area contributed by atoms with Crippen molar-refractivity contribution in [1.82, 2.24) is 12.3 Å². The minimum Gasteiger partial charge on any atom is -0.344 e. The Labute approximate surface area is 63.4 Å². The highest BCUT2D eigenvalue weighted by molar-refractivity contribution is 5.10. The third-order valence-corrected chi connectivity index (χ3v) is 1.50. The van der Waals surface area contributed by atoms with Gasteiger partial charge in [0, 0.05) is 0 Å². The molecule has 1 saturated carbocycles. The van der Waals surface area contributed by atoms with Gasteiger partial charge < -0.3 is 17.1 Å². The van der Waals surface area contributed by atoms with Crippen LogP contribution in [0.15, 0.2) is 0 Å². The van der Waals surface area contributed by atoms with Crippen molar-refractivity contribution < 1.29 is 4.79 Å². The molecule has 3 heteroatoms. The van der Waals surface area contributed by atoms with Crippen LogP contribution in [0, 0.1) is 0 Å². The smallest absolute Gasteiger partial charge is 0.106 e. The highest BCUT2D eigenvalue weighted by atomic mass is 16.1. The molecule has 3 nitrogen and oxygen atoms in total. The van der Waals surface area contributed by atoms with Gasteiger partial charge in [-0.15, -0.1) is 0 Å². The van der Waals surface area contributed by atoms with Crippen molar-refractivity contribution in [3.63, 3.8) is 0 Å². The quantitative estimate of drug-likeness (QED) is 0.553. The van der Waals surface area contributed by atoms with E-state index in [9.17, 15) is 0 Å². The van der Waals surface area contributed by atoms with Gasteiger partial charge in [-0.05, 0) is 0 Å². The number of carbonyl (C=O) groups excluding carboxylic acids is 1. The molecule has 0 amide bonds. The van der Waals surface area contributed by atoms with Crippen molar-refractivity contribution in [3.8, 4) is 0 Å². The minimum atomic E-state index is 0. The van der Waals surface area contributed by atoms with Crippen molar-refractivity contribution in [3.05, 3.63) is 0 Å². The second-order valence-electron chi connectivity index (χ2n) is 2.12. The first-order valence-corrected chi connectivity index (χ1v) is 3.29. The fourth-order valence-corrected chi connectivity index (χ4v) is 1.06. The molecule has 1 aliphatic rings. The molecule has 0 unspecified atom stereocenters. The van der Waals surface area contributed by atoms with Gasteiger partial charge in [0.25, 0.3) is 0 Å². The summed E-state index contributed by atoms with van der Waals surface area (Å²) in [5.74, 6) is 0. The summed E-state index contributed by atoms with van der Waals surface area (Å²) in [4.78, 5) is 8.00. The summed E-state index contributed by atoms with van der Waals surface area (Å²) >= 11 is 0. The molecular formula is C7H20N2O. The highest BCUT2D eigenvalue weighted by Gasteiger charge is 1.95. The number of hydrogen-bond acceptors (Lipinski definition) is 3. The van der Waals surface area contributed by atoms with Crippen LogP contribution in [0.3, 0.4) is 0 Å². The zero-order valence-corrected chi connectivity index (χ0v) is 6.77. The monoisotopic (exact) mass is 148 g/mol. The Morgan fingerprint density at radius 3 is 0.800 bits per heavy atom. The Morgan fingerprint density at radius 2 is 0.700 bits per heavy atom. The van der Waals surface area contributed by atoms with Gasteiger partial charge in [0.15, 0.2) is 0 Å². The van der Waals surface area contributed by atoms with E-state index in [1.54, 1.807) is 0 Å². The fraction of sp³-hybridized carbons (Fsp3) is 0.857. The maximum absolute atomic E-state index is 8.00. The molecule has 1 aliphatic carbocycles. The standard InChI is InChI=1S/C6H12.CH2O.2H3N/c1-2-4-6-5-3-1;1-2;;/h1-6H2;1H2;2*1H3. The van der Waals surface area contributed by atoms with Crippen molar-refractivity contribution in [2.45, 2.75) is 38.5 Å². The number of rotatable bonds is 0. The third kappa shape index (κ3) is 10.5. The number of carbonyl (C=O) groups is 1. The van der Waals surface area contributed by atoms with Gasteiger partial charge in [-0.2, -0.15) is 0 Å². The Balaban J connectivity index is -0.000000114. The molecule has 1 rings (SSSR count). The van der Waals surface area contributed by atoms with E-state index < -0.39 is 0 Å². The first-order chi connectivity index (χ1) is 4.00. The Hall–Kier alpha value is -0.410. The lowest BCUT2D eigenvalue weighted by Crippen LogP contribution is -1.85. The van der Waals surface area contributed by atoms with Crippen molar-refractivity contribution >= 4 is 6.79 Å². The second kappa shape index (κ2) is 15.8. The molecule has 6 N–H and O–H groups in total. The van der Waals surface area contributed by atoms with E-state index in [-0.39, 0.29) is 12.3 Å². The molecule has 0 bridgehead atoms. The zero-order valence-electron chi connectivity index (χ0n) is 6.77. The van der Waals surface area contributed by atoms with Gasteiger partial charge in [0.2, 0.25) is 0 Å². The first-order valence-electron chi connectivity index (χ1n) is 3.29. The molecule has 1 fully saturated rings. The lowest BCUT2D eigenvalue weighted by molar-refractivity contribution is -0.0979. The topological polar surface area (TPSA) is 87.1 Å². The van der Waals surface area contributed by atoms with Gasteiger partial charge in [0.1, 0.15) is 6.79 Å². The van der Waals surface area contributed by atoms with E-state index >= 15 is 0 Å². The molecule has 0 aromatic heterocycles. The van der Waals surface area contributed by atoms with E-state index in [4.69, 9.17) is 4.79 Å². The Morgan fingerprint density at radius 1 is 0.600 bits per heavy atom. The highest BCUT2D eigenvalue weighted by Crippen LogP contribution is 2.15. The molecule has 64 valence electrons. The van der Waals surface area contributed by atoms with Gasteiger partial charge in [-0.25, -0.2) is 0 Å². The van der Waals surface area contributed by atoms with Crippen LogP contribution < -0.4 is 12.3 Å². The van der Waals surface area contributed by atoms with E-state index in [0.717, 1.165) is 0 Å². The average Bonchev–Trinajstić information content (AvgIpc) is 1.96. The molecule has 0 radical (unpaired) electrons. The maximum Gasteiger partial charge on any atom is 0.106 e. The van der Waals surface area contributed by atoms with Crippen LogP contribution in [0.4, 0.5) is 0 Å². The van der Waals surface area contributed by atoms with Crippen LogP contribution in [-0.2, 0) is 4.79 Å². The first kappa shape index (κ1) is 16.3. The maximum atomic E-state index is 8.00. The molecule has 0 atom stereocenters. The molecular weight excluding hydrogens is 128 g/mol. The van der Waals surface area contributed by atoms with Crippen LogP contribution in [0.1, 0.15) is 38.5 Å². The van der Waals surface area contributed by atoms with E-state index in [1.165, 1.54) is 38.5 Å². The lowest BCUT2D eigenvalue weighted by atomic mass is 10.0. The van der Waals surface area contributed by atoms with Crippen molar-refractivity contribution in [1.29, 1.82) is 0 Å². The SMILES string of the molecule is C1CCCCC1.C=O.N.N. The minimum absolute atomic E-state index is 0. The summed E-state index contributed by atoms with van der Waals surface area (Å²) in [6.07, 6.45) is 9.00. The van der Waals surface area contributed by atoms with E-state index in [1.807, 2.05) is 6.79 Å². The molecule has 0 saturated heterocycles. The summed E-state index contributed by atoms with van der Waals surface area (Å²) in [7, 11) is 0. The second-order valence-corrected chi connectivity index (χ2v) is 2.12. The van der Waals surface area contributed by atoms with Crippen molar-refractivity contribution in [2.24, 2.45) is 0 Å². The van der Waals surface area contributed by atoms with Crippen LogP contribution >= 0.6 is 0 Å². The Bertz CT molecular complexity index is 35.4. The van der Waals surface area contributed by atoms with E-state index in [2.05, 4.69) is 0 Å². The van der Waals surface area contributed by atoms with Gasteiger partial charge in [-0.1, -0.05) is 38.5 Å². The van der Waals surface area contributed by atoms with Crippen molar-refractivity contribution in [2.75, 3.05) is 0 Å². The Kier molecular flexibility index (Phi) is 25.8. The van der Waals surface area contributed by atoms with Crippen LogP contribution in [0.2, 0.25) is 0 Å². The predicted octanol–water partition coefficient (Wildman–Crippen LogP) is 2.48. The number of hydrogen-bond donors (Lipinski definition) is 2. The largest absolute Gasteiger partial charge is 0.344 e.